The lowest BCUT2D eigenvalue weighted by atomic mass is 10.1. The van der Waals surface area contributed by atoms with Crippen molar-refractivity contribution < 1.29 is 17.9 Å². The van der Waals surface area contributed by atoms with Crippen molar-refractivity contribution in [3.05, 3.63) is 95.6 Å². The fourth-order valence-corrected chi connectivity index (χ4v) is 4.30. The van der Waals surface area contributed by atoms with E-state index in [-0.39, 0.29) is 23.4 Å². The maximum atomic E-state index is 12.8. The second-order valence-electron chi connectivity index (χ2n) is 7.24. The van der Waals surface area contributed by atoms with Crippen LogP contribution in [0.3, 0.4) is 0 Å². The number of sulfonamides is 1. The minimum Gasteiger partial charge on any atom is -0.497 e. The molecular weight excluding hydrogens is 412 g/mol. The van der Waals surface area contributed by atoms with Crippen LogP contribution in [0.25, 0.3) is 0 Å². The van der Waals surface area contributed by atoms with Crippen LogP contribution in [0.15, 0.2) is 83.8 Å². The summed E-state index contributed by atoms with van der Waals surface area (Å²) in [5.74, 6) is 0.416. The van der Waals surface area contributed by atoms with Crippen LogP contribution in [-0.4, -0.2) is 32.8 Å². The molecule has 0 aliphatic carbocycles. The fourth-order valence-electron chi connectivity index (χ4n) is 3.14. The van der Waals surface area contributed by atoms with Crippen molar-refractivity contribution in [2.24, 2.45) is 0 Å². The number of benzene rings is 3. The number of carbonyl (C=O) groups is 1. The number of amides is 1. The largest absolute Gasteiger partial charge is 0.497 e. The Kier molecular flexibility index (Phi) is 7.09. The zero-order chi connectivity index (χ0) is 22.4. The molecule has 0 bridgehead atoms. The number of hydrogen-bond donors (Lipinski definition) is 1. The molecule has 3 aromatic rings. The summed E-state index contributed by atoms with van der Waals surface area (Å²) in [7, 11) is -0.578. The molecule has 0 aliphatic heterocycles. The predicted octanol–water partition coefficient (Wildman–Crippen LogP) is 4.01. The van der Waals surface area contributed by atoms with Crippen molar-refractivity contribution in [3.63, 3.8) is 0 Å². The quantitative estimate of drug-likeness (QED) is 0.577. The van der Waals surface area contributed by atoms with E-state index in [9.17, 15) is 13.2 Å². The van der Waals surface area contributed by atoms with Crippen molar-refractivity contribution >= 4 is 15.9 Å². The summed E-state index contributed by atoms with van der Waals surface area (Å²) in [4.78, 5) is 12.7. The molecule has 0 spiro atoms. The lowest BCUT2D eigenvalue weighted by Gasteiger charge is -2.18. The Labute approximate surface area is 183 Å². The Balaban J connectivity index is 1.64. The third-order valence-electron chi connectivity index (χ3n) is 5.04. The minimum atomic E-state index is -3.64. The average Bonchev–Trinajstić information content (AvgIpc) is 2.80. The summed E-state index contributed by atoms with van der Waals surface area (Å²) in [6.45, 7) is 2.12. The van der Waals surface area contributed by atoms with Gasteiger partial charge in [0.05, 0.1) is 18.0 Å². The average molecular weight is 439 g/mol. The predicted molar refractivity (Wildman–Crippen MR) is 120 cm³/mol. The number of carbonyl (C=O) groups excluding carboxylic acids is 1. The van der Waals surface area contributed by atoms with E-state index in [1.54, 1.807) is 36.4 Å². The highest BCUT2D eigenvalue weighted by Crippen LogP contribution is 2.20. The first-order valence-electron chi connectivity index (χ1n) is 9.86. The monoisotopic (exact) mass is 438 g/mol. The number of ether oxygens (including phenoxy) is 1. The van der Waals surface area contributed by atoms with Gasteiger partial charge in [0.25, 0.3) is 5.91 Å². The van der Waals surface area contributed by atoms with Crippen LogP contribution in [0.1, 0.15) is 34.5 Å². The molecule has 0 radical (unpaired) electrons. The first-order chi connectivity index (χ1) is 14.8. The third kappa shape index (κ3) is 5.51. The molecule has 0 heterocycles. The first-order valence-corrected chi connectivity index (χ1v) is 11.3. The lowest BCUT2D eigenvalue weighted by molar-refractivity contribution is 0.0940. The normalized spacial score (nSPS) is 12.4. The molecule has 31 heavy (non-hydrogen) atoms. The zero-order valence-corrected chi connectivity index (χ0v) is 18.6. The fraction of sp³-hybridized carbons (Fsp3) is 0.208. The van der Waals surface area contributed by atoms with Crippen LogP contribution >= 0.6 is 0 Å². The van der Waals surface area contributed by atoms with Gasteiger partial charge in [0.1, 0.15) is 5.75 Å². The summed E-state index contributed by atoms with van der Waals surface area (Å²) in [6, 6.07) is 22.8. The maximum Gasteiger partial charge on any atom is 0.251 e. The topological polar surface area (TPSA) is 75.7 Å². The van der Waals surface area contributed by atoms with Gasteiger partial charge in [0.2, 0.25) is 10.0 Å². The third-order valence-corrected chi connectivity index (χ3v) is 6.85. The number of hydrogen-bond acceptors (Lipinski definition) is 4. The van der Waals surface area contributed by atoms with E-state index in [0.29, 0.717) is 11.3 Å². The van der Waals surface area contributed by atoms with Gasteiger partial charge in [-0.3, -0.25) is 4.79 Å². The van der Waals surface area contributed by atoms with E-state index in [1.807, 2.05) is 37.3 Å². The minimum absolute atomic E-state index is 0.117. The molecule has 0 fully saturated rings. The number of nitrogens with one attached hydrogen (secondary N) is 1. The molecular formula is C24H26N2O4S. The highest BCUT2D eigenvalue weighted by molar-refractivity contribution is 7.89. The molecule has 3 aromatic carbocycles. The van der Waals surface area contributed by atoms with Crippen LogP contribution < -0.4 is 10.1 Å². The smallest absolute Gasteiger partial charge is 0.251 e. The number of nitrogens with zero attached hydrogens (tertiary/aromatic N) is 1. The van der Waals surface area contributed by atoms with Crippen molar-refractivity contribution in [1.82, 2.24) is 9.62 Å². The molecule has 6 nitrogen and oxygen atoms in total. The summed E-state index contributed by atoms with van der Waals surface area (Å²) in [6.07, 6.45) is 0. The van der Waals surface area contributed by atoms with Crippen molar-refractivity contribution in [2.45, 2.75) is 24.4 Å². The second-order valence-corrected chi connectivity index (χ2v) is 9.28. The summed E-state index contributed by atoms with van der Waals surface area (Å²) in [5.41, 5.74) is 2.33. The molecule has 0 saturated heterocycles. The van der Waals surface area contributed by atoms with Crippen molar-refractivity contribution in [3.8, 4) is 5.75 Å². The van der Waals surface area contributed by atoms with Gasteiger partial charge >= 0.3 is 0 Å². The summed E-state index contributed by atoms with van der Waals surface area (Å²) >= 11 is 0. The summed E-state index contributed by atoms with van der Waals surface area (Å²) < 4.78 is 31.9. The van der Waals surface area contributed by atoms with Gasteiger partial charge < -0.3 is 10.1 Å². The second kappa shape index (κ2) is 9.76. The van der Waals surface area contributed by atoms with E-state index in [2.05, 4.69) is 5.32 Å². The standard InChI is InChI=1S/C24H26N2O4S/c1-18(20-7-5-4-6-8-20)25-24(27)21-11-9-19(10-12-21)17-26(2)31(28,29)23-15-13-22(30-3)14-16-23/h4-16,18H,17H2,1-3H3,(H,25,27)/t18-/m1/s1. The Morgan fingerprint density at radius 1 is 0.968 bits per heavy atom. The van der Waals surface area contributed by atoms with E-state index in [4.69, 9.17) is 4.74 Å². The Morgan fingerprint density at radius 2 is 1.58 bits per heavy atom. The highest BCUT2D eigenvalue weighted by atomic mass is 32.2. The van der Waals surface area contributed by atoms with Gasteiger partial charge in [-0.25, -0.2) is 8.42 Å². The molecule has 7 heteroatoms. The Hall–Kier alpha value is -3.16. The maximum absolute atomic E-state index is 12.8. The van der Waals surface area contributed by atoms with Crippen LogP contribution in [0.5, 0.6) is 5.75 Å². The molecule has 1 atom stereocenters. The SMILES string of the molecule is COc1ccc(S(=O)(=O)N(C)Cc2ccc(C(=O)N[C@H](C)c3ccccc3)cc2)cc1. The Morgan fingerprint density at radius 3 is 2.16 bits per heavy atom. The van der Waals surface area contributed by atoms with E-state index in [1.165, 1.54) is 30.6 Å². The number of rotatable bonds is 8. The first kappa shape index (κ1) is 22.5. The van der Waals surface area contributed by atoms with Crippen LogP contribution in [-0.2, 0) is 16.6 Å². The highest BCUT2D eigenvalue weighted by Gasteiger charge is 2.21. The van der Waals surface area contributed by atoms with Crippen molar-refractivity contribution in [2.75, 3.05) is 14.2 Å². The summed E-state index contributed by atoms with van der Waals surface area (Å²) in [5, 5.41) is 2.97. The van der Waals surface area contributed by atoms with Gasteiger partial charge in [-0.15, -0.1) is 0 Å². The molecule has 3 rings (SSSR count). The van der Waals surface area contributed by atoms with Crippen molar-refractivity contribution in [1.29, 1.82) is 0 Å². The Bertz CT molecular complexity index is 1110. The molecule has 0 aromatic heterocycles. The molecule has 1 amide bonds. The number of methoxy groups -OCH3 is 1. The molecule has 0 unspecified atom stereocenters. The van der Waals surface area contributed by atoms with Gasteiger partial charge in [0, 0.05) is 19.2 Å². The molecule has 1 N–H and O–H groups in total. The van der Waals surface area contributed by atoms with Gasteiger partial charge in [-0.05, 0) is 54.4 Å². The lowest BCUT2D eigenvalue weighted by Crippen LogP contribution is -2.27. The van der Waals surface area contributed by atoms with E-state index in [0.717, 1.165) is 11.1 Å². The van der Waals surface area contributed by atoms with Gasteiger partial charge in [0.15, 0.2) is 0 Å². The van der Waals surface area contributed by atoms with Crippen LogP contribution in [0.2, 0.25) is 0 Å². The van der Waals surface area contributed by atoms with Gasteiger partial charge in [-0.1, -0.05) is 42.5 Å². The molecule has 162 valence electrons. The van der Waals surface area contributed by atoms with Gasteiger partial charge in [-0.2, -0.15) is 4.31 Å². The van der Waals surface area contributed by atoms with Crippen LogP contribution in [0, 0.1) is 0 Å². The molecule has 0 saturated carbocycles. The van der Waals surface area contributed by atoms with E-state index < -0.39 is 10.0 Å². The molecule has 0 aliphatic rings. The van der Waals surface area contributed by atoms with E-state index >= 15 is 0 Å². The van der Waals surface area contributed by atoms with Crippen LogP contribution in [0.4, 0.5) is 0 Å². The zero-order valence-electron chi connectivity index (χ0n) is 17.8.